The lowest BCUT2D eigenvalue weighted by molar-refractivity contribution is -0.137. The average Bonchev–Trinajstić information content (AvgIpc) is 3.10. The van der Waals surface area contributed by atoms with Gasteiger partial charge in [-0.25, -0.2) is 13.2 Å². The number of sulfone groups is 1. The summed E-state index contributed by atoms with van der Waals surface area (Å²) < 4.78 is 69.5. The van der Waals surface area contributed by atoms with Crippen LogP contribution in [-0.4, -0.2) is 44.6 Å². The topological polar surface area (TPSA) is 66.9 Å². The largest absolute Gasteiger partial charge is 0.494 e. The van der Waals surface area contributed by atoms with Crippen LogP contribution in [0.3, 0.4) is 0 Å². The first-order valence-corrected chi connectivity index (χ1v) is 11.2. The van der Waals surface area contributed by atoms with Crippen LogP contribution in [-0.2, 0) is 16.0 Å². The molecule has 2 saturated heterocycles. The van der Waals surface area contributed by atoms with Gasteiger partial charge in [0.1, 0.15) is 5.75 Å². The molecule has 0 radical (unpaired) electrons. The fraction of sp³-hybridized carbons (Fsp3) is 0.350. The normalized spacial score (nSPS) is 23.0. The fourth-order valence-electron chi connectivity index (χ4n) is 4.01. The van der Waals surface area contributed by atoms with Crippen molar-refractivity contribution in [2.24, 2.45) is 0 Å². The molecule has 30 heavy (non-hydrogen) atoms. The number of carbonyl (C=O) groups excluding carboxylic acids is 1. The van der Waals surface area contributed by atoms with Crippen molar-refractivity contribution in [3.8, 4) is 5.75 Å². The molecular formula is C20H19F3N2O4S. The predicted octanol–water partition coefficient (Wildman–Crippen LogP) is 3.72. The quantitative estimate of drug-likeness (QED) is 0.680. The summed E-state index contributed by atoms with van der Waals surface area (Å²) in [7, 11) is -3.45. The van der Waals surface area contributed by atoms with Crippen molar-refractivity contribution in [2.45, 2.75) is 25.2 Å². The van der Waals surface area contributed by atoms with E-state index >= 15 is 0 Å². The zero-order chi connectivity index (χ0) is 21.7. The van der Waals surface area contributed by atoms with Crippen molar-refractivity contribution < 1.29 is 31.1 Å². The van der Waals surface area contributed by atoms with Gasteiger partial charge < -0.3 is 4.74 Å². The second-order valence-electron chi connectivity index (χ2n) is 7.21. The number of alkyl halides is 3. The van der Waals surface area contributed by atoms with Gasteiger partial charge in [0.05, 0.1) is 35.8 Å². The van der Waals surface area contributed by atoms with Crippen molar-refractivity contribution >= 4 is 27.2 Å². The van der Waals surface area contributed by atoms with Gasteiger partial charge in [-0.15, -0.1) is 0 Å². The Bertz CT molecular complexity index is 1070. The Labute approximate surface area is 171 Å². The summed E-state index contributed by atoms with van der Waals surface area (Å²) in [5, 5.41) is 0. The molecule has 0 saturated carbocycles. The number of rotatable bonds is 4. The highest BCUT2D eigenvalue weighted by Crippen LogP contribution is 2.40. The van der Waals surface area contributed by atoms with Crippen LogP contribution in [0.5, 0.6) is 5.75 Å². The van der Waals surface area contributed by atoms with E-state index in [0.29, 0.717) is 18.0 Å². The zero-order valence-corrected chi connectivity index (χ0v) is 16.8. The number of fused-ring (bicyclic) bond motifs is 1. The molecule has 2 aliphatic heterocycles. The Morgan fingerprint density at radius 3 is 2.17 bits per heavy atom. The van der Waals surface area contributed by atoms with Crippen molar-refractivity contribution in [1.82, 2.24) is 0 Å². The molecule has 0 aliphatic carbocycles. The van der Waals surface area contributed by atoms with Crippen LogP contribution in [0.15, 0.2) is 48.5 Å². The highest BCUT2D eigenvalue weighted by molar-refractivity contribution is 7.91. The summed E-state index contributed by atoms with van der Waals surface area (Å²) in [6.07, 6.45) is -4.57. The fourth-order valence-corrected chi connectivity index (χ4v) is 5.93. The van der Waals surface area contributed by atoms with E-state index in [4.69, 9.17) is 4.74 Å². The van der Waals surface area contributed by atoms with E-state index in [0.717, 1.165) is 12.1 Å². The maximum Gasteiger partial charge on any atom is 0.416 e. The first-order valence-electron chi connectivity index (χ1n) is 9.34. The lowest BCUT2D eigenvalue weighted by Crippen LogP contribution is -2.38. The molecule has 2 aromatic carbocycles. The number of carbonyl (C=O) groups is 1. The molecule has 10 heteroatoms. The second kappa shape index (κ2) is 7.19. The van der Waals surface area contributed by atoms with Crippen LogP contribution < -0.4 is 14.5 Å². The molecular weight excluding hydrogens is 421 g/mol. The maximum absolute atomic E-state index is 13.2. The first-order chi connectivity index (χ1) is 14.1. The summed E-state index contributed by atoms with van der Waals surface area (Å²) >= 11 is 0. The summed E-state index contributed by atoms with van der Waals surface area (Å²) in [6, 6.07) is 8.99. The minimum absolute atomic E-state index is 0.0235. The molecule has 0 unspecified atom stereocenters. The molecule has 0 bridgehead atoms. The summed E-state index contributed by atoms with van der Waals surface area (Å²) in [5.41, 5.74) is -0.412. The summed E-state index contributed by atoms with van der Waals surface area (Å²) in [4.78, 5) is 15.8. The highest BCUT2D eigenvalue weighted by Gasteiger charge is 2.54. The molecule has 6 nitrogen and oxygen atoms in total. The number of amides is 2. The van der Waals surface area contributed by atoms with Crippen LogP contribution in [0.25, 0.3) is 0 Å². The van der Waals surface area contributed by atoms with Crippen LogP contribution in [0.2, 0.25) is 0 Å². The van der Waals surface area contributed by atoms with E-state index in [-0.39, 0.29) is 17.2 Å². The van der Waals surface area contributed by atoms with Gasteiger partial charge in [-0.3, -0.25) is 9.80 Å². The van der Waals surface area contributed by atoms with E-state index in [1.807, 2.05) is 6.92 Å². The number of halogens is 3. The van der Waals surface area contributed by atoms with Crippen molar-refractivity contribution in [2.75, 3.05) is 27.9 Å². The second-order valence-corrected chi connectivity index (χ2v) is 9.36. The molecule has 0 aromatic heterocycles. The summed E-state index contributed by atoms with van der Waals surface area (Å²) in [5.74, 6) is 0.0532. The first kappa shape index (κ1) is 20.5. The van der Waals surface area contributed by atoms with Gasteiger partial charge in [-0.05, 0) is 49.4 Å². The number of ether oxygens (including phenoxy) is 1. The molecule has 2 amide bonds. The summed E-state index contributed by atoms with van der Waals surface area (Å²) in [6.45, 7) is 2.30. The van der Waals surface area contributed by atoms with Crippen LogP contribution >= 0.6 is 0 Å². The van der Waals surface area contributed by atoms with Crippen molar-refractivity contribution in [1.29, 1.82) is 0 Å². The Kier molecular flexibility index (Phi) is 4.92. The van der Waals surface area contributed by atoms with Gasteiger partial charge in [-0.1, -0.05) is 6.07 Å². The van der Waals surface area contributed by atoms with Crippen molar-refractivity contribution in [3.63, 3.8) is 0 Å². The third kappa shape index (κ3) is 3.60. The molecule has 160 valence electrons. The van der Waals surface area contributed by atoms with Gasteiger partial charge in [0.2, 0.25) is 0 Å². The van der Waals surface area contributed by atoms with Gasteiger partial charge in [-0.2, -0.15) is 13.2 Å². The Morgan fingerprint density at radius 1 is 1.00 bits per heavy atom. The van der Waals surface area contributed by atoms with Crippen LogP contribution in [0.4, 0.5) is 29.3 Å². The molecule has 0 N–H and O–H groups in total. The monoisotopic (exact) mass is 440 g/mol. The van der Waals surface area contributed by atoms with E-state index in [9.17, 15) is 26.4 Å². The number of benzene rings is 2. The maximum atomic E-state index is 13.2. The standard InChI is InChI=1S/C20H19F3N2O4S/c1-2-29-16-8-6-14(7-9-16)24-17-11-30(27,28)12-18(17)25(19(24)26)15-5-3-4-13(10-15)20(21,22)23/h3-10,17-18H,2,11-12H2,1H3/t17-,18+/m1/s1. The Hall–Kier alpha value is -2.75. The molecule has 2 aliphatic rings. The van der Waals surface area contributed by atoms with Crippen LogP contribution in [0.1, 0.15) is 12.5 Å². The third-order valence-electron chi connectivity index (χ3n) is 5.25. The molecule has 2 fully saturated rings. The molecule has 2 heterocycles. The molecule has 2 atom stereocenters. The number of hydrogen-bond acceptors (Lipinski definition) is 4. The smallest absolute Gasteiger partial charge is 0.416 e. The van der Waals surface area contributed by atoms with Gasteiger partial charge >= 0.3 is 12.2 Å². The van der Waals surface area contributed by atoms with Gasteiger partial charge in [0.15, 0.2) is 9.84 Å². The Balaban J connectivity index is 1.75. The molecule has 4 rings (SSSR count). The van der Waals surface area contributed by atoms with Gasteiger partial charge in [0, 0.05) is 11.4 Å². The van der Waals surface area contributed by atoms with Gasteiger partial charge in [0.25, 0.3) is 0 Å². The molecule has 0 spiro atoms. The van der Waals surface area contributed by atoms with Crippen LogP contribution in [0, 0.1) is 0 Å². The minimum Gasteiger partial charge on any atom is -0.494 e. The predicted molar refractivity (Wildman–Crippen MR) is 106 cm³/mol. The molecule has 2 aromatic rings. The highest BCUT2D eigenvalue weighted by atomic mass is 32.2. The van der Waals surface area contributed by atoms with Crippen molar-refractivity contribution in [3.05, 3.63) is 54.1 Å². The average molecular weight is 440 g/mol. The number of nitrogens with zero attached hydrogens (tertiary/aromatic N) is 2. The number of urea groups is 1. The van der Waals surface area contributed by atoms with E-state index < -0.39 is 39.7 Å². The number of anilines is 2. The van der Waals surface area contributed by atoms with E-state index in [1.54, 1.807) is 24.3 Å². The third-order valence-corrected chi connectivity index (χ3v) is 6.95. The number of hydrogen-bond donors (Lipinski definition) is 0. The SMILES string of the molecule is CCOc1ccc(N2C(=O)N(c3cccc(C(F)(F)F)c3)[C@H]3CS(=O)(=O)C[C@H]32)cc1. The Morgan fingerprint density at radius 2 is 1.60 bits per heavy atom. The zero-order valence-electron chi connectivity index (χ0n) is 16.0. The van der Waals surface area contributed by atoms with E-state index in [1.165, 1.54) is 21.9 Å². The lowest BCUT2D eigenvalue weighted by Gasteiger charge is -2.23. The van der Waals surface area contributed by atoms with E-state index in [2.05, 4.69) is 0 Å². The minimum atomic E-state index is -4.57. The lowest BCUT2D eigenvalue weighted by atomic mass is 10.1.